The summed E-state index contributed by atoms with van der Waals surface area (Å²) in [7, 11) is 0. The van der Waals surface area contributed by atoms with Crippen molar-refractivity contribution in [1.82, 2.24) is 0 Å². The molecule has 2 aromatic carbocycles. The standard InChI is InChI=1S/C30H37F3O2/c1-3-4-17-34-25-14-16-26(28(31)18-25)21-9-12-24(13-10-21)35-19-23-11-15-27(30(33)29(23)32)22-7-5-20(2)6-8-22/h3,11,14-16,18,20-22,24H,1,4-10,12-13,17,19H2,2H3. The van der Waals surface area contributed by atoms with Gasteiger partial charge in [-0.05, 0) is 79.9 Å². The Labute approximate surface area is 207 Å². The second kappa shape index (κ2) is 12.1. The smallest absolute Gasteiger partial charge is 0.164 e. The van der Waals surface area contributed by atoms with Crippen LogP contribution < -0.4 is 4.74 Å². The van der Waals surface area contributed by atoms with Gasteiger partial charge in [0.25, 0.3) is 0 Å². The fourth-order valence-corrected chi connectivity index (χ4v) is 5.54. The zero-order valence-corrected chi connectivity index (χ0v) is 20.7. The van der Waals surface area contributed by atoms with E-state index >= 15 is 0 Å². The summed E-state index contributed by atoms with van der Waals surface area (Å²) in [6, 6.07) is 8.53. The van der Waals surface area contributed by atoms with Gasteiger partial charge in [-0.3, -0.25) is 0 Å². The van der Waals surface area contributed by atoms with Gasteiger partial charge in [-0.15, -0.1) is 6.58 Å². The second-order valence-electron chi connectivity index (χ2n) is 10.3. The first-order valence-corrected chi connectivity index (χ1v) is 13.1. The van der Waals surface area contributed by atoms with Crippen molar-refractivity contribution in [2.45, 2.75) is 89.3 Å². The molecule has 5 heteroatoms. The van der Waals surface area contributed by atoms with E-state index in [9.17, 15) is 13.2 Å². The number of benzene rings is 2. The highest BCUT2D eigenvalue weighted by Gasteiger charge is 2.27. The Kier molecular flexibility index (Phi) is 8.94. The molecular formula is C30H37F3O2. The van der Waals surface area contributed by atoms with Crippen LogP contribution in [0.25, 0.3) is 0 Å². The average molecular weight is 487 g/mol. The van der Waals surface area contributed by atoms with Gasteiger partial charge in [0.1, 0.15) is 11.6 Å². The Balaban J connectivity index is 1.28. The predicted octanol–water partition coefficient (Wildman–Crippen LogP) is 8.60. The summed E-state index contributed by atoms with van der Waals surface area (Å²) in [5.41, 5.74) is 1.49. The third kappa shape index (κ3) is 6.49. The largest absolute Gasteiger partial charge is 0.493 e. The third-order valence-corrected chi connectivity index (χ3v) is 7.80. The van der Waals surface area contributed by atoms with Gasteiger partial charge in [0, 0.05) is 11.6 Å². The summed E-state index contributed by atoms with van der Waals surface area (Å²) in [5.74, 6) is -0.282. The van der Waals surface area contributed by atoms with Crippen LogP contribution in [0.4, 0.5) is 13.2 Å². The summed E-state index contributed by atoms with van der Waals surface area (Å²) in [5, 5.41) is 0. The maximum absolute atomic E-state index is 14.8. The fourth-order valence-electron chi connectivity index (χ4n) is 5.54. The van der Waals surface area contributed by atoms with E-state index in [0.717, 1.165) is 51.4 Å². The normalized spacial score (nSPS) is 24.8. The van der Waals surface area contributed by atoms with Crippen LogP contribution in [0.15, 0.2) is 43.0 Å². The second-order valence-corrected chi connectivity index (χ2v) is 10.3. The van der Waals surface area contributed by atoms with E-state index in [1.165, 1.54) is 6.07 Å². The zero-order chi connectivity index (χ0) is 24.8. The van der Waals surface area contributed by atoms with Crippen molar-refractivity contribution in [3.05, 3.63) is 77.1 Å². The van der Waals surface area contributed by atoms with E-state index in [-0.39, 0.29) is 35.9 Å². The Morgan fingerprint density at radius 2 is 1.51 bits per heavy atom. The maximum Gasteiger partial charge on any atom is 0.164 e. The van der Waals surface area contributed by atoms with Gasteiger partial charge in [-0.2, -0.15) is 0 Å². The summed E-state index contributed by atoms with van der Waals surface area (Å²) >= 11 is 0. The first-order valence-electron chi connectivity index (χ1n) is 13.1. The van der Waals surface area contributed by atoms with Crippen molar-refractivity contribution in [3.63, 3.8) is 0 Å². The van der Waals surface area contributed by atoms with Crippen LogP contribution in [0.2, 0.25) is 0 Å². The maximum atomic E-state index is 14.8. The Morgan fingerprint density at radius 1 is 0.857 bits per heavy atom. The summed E-state index contributed by atoms with van der Waals surface area (Å²) in [6.07, 6.45) is 9.56. The molecule has 0 aromatic heterocycles. The molecule has 0 N–H and O–H groups in total. The molecule has 4 rings (SSSR count). The van der Waals surface area contributed by atoms with E-state index in [1.807, 2.05) is 12.1 Å². The molecule has 2 fully saturated rings. The molecule has 2 nitrogen and oxygen atoms in total. The van der Waals surface area contributed by atoms with Crippen molar-refractivity contribution in [2.24, 2.45) is 5.92 Å². The minimum atomic E-state index is -0.771. The van der Waals surface area contributed by atoms with Gasteiger partial charge in [0.2, 0.25) is 0 Å². The van der Waals surface area contributed by atoms with Crippen molar-refractivity contribution in [1.29, 1.82) is 0 Å². The number of hydrogen-bond donors (Lipinski definition) is 0. The van der Waals surface area contributed by atoms with Crippen LogP contribution in [-0.2, 0) is 11.3 Å². The Morgan fingerprint density at radius 3 is 2.20 bits per heavy atom. The Bertz CT molecular complexity index is 989. The molecule has 0 saturated heterocycles. The van der Waals surface area contributed by atoms with Crippen LogP contribution in [0, 0.1) is 23.4 Å². The van der Waals surface area contributed by atoms with Crippen molar-refractivity contribution in [3.8, 4) is 5.75 Å². The SMILES string of the molecule is C=CCCOc1ccc(C2CCC(OCc3ccc(C4CCC(C)CC4)c(F)c3F)CC2)c(F)c1. The fraction of sp³-hybridized carbons (Fsp3) is 0.533. The number of halogens is 3. The molecule has 0 unspecified atom stereocenters. The van der Waals surface area contributed by atoms with Crippen LogP contribution in [0.1, 0.15) is 93.2 Å². The molecule has 0 radical (unpaired) electrons. The van der Waals surface area contributed by atoms with Crippen LogP contribution in [-0.4, -0.2) is 12.7 Å². The molecule has 190 valence electrons. The third-order valence-electron chi connectivity index (χ3n) is 7.80. The molecule has 0 heterocycles. The monoisotopic (exact) mass is 486 g/mol. The van der Waals surface area contributed by atoms with Crippen molar-refractivity contribution < 1.29 is 22.6 Å². The highest BCUT2D eigenvalue weighted by atomic mass is 19.2. The van der Waals surface area contributed by atoms with E-state index in [0.29, 0.717) is 35.8 Å². The molecule has 0 bridgehead atoms. The summed E-state index contributed by atoms with van der Waals surface area (Å²) < 4.78 is 55.8. The topological polar surface area (TPSA) is 18.5 Å². The molecule has 2 aliphatic rings. The minimum absolute atomic E-state index is 0.0298. The first-order chi connectivity index (χ1) is 17.0. The molecule has 0 amide bonds. The van der Waals surface area contributed by atoms with Gasteiger partial charge in [0.05, 0.1) is 19.3 Å². The lowest BCUT2D eigenvalue weighted by Gasteiger charge is -2.29. The lowest BCUT2D eigenvalue weighted by atomic mass is 9.79. The first kappa shape index (κ1) is 25.8. The van der Waals surface area contributed by atoms with Gasteiger partial charge >= 0.3 is 0 Å². The zero-order valence-electron chi connectivity index (χ0n) is 20.7. The van der Waals surface area contributed by atoms with Crippen molar-refractivity contribution in [2.75, 3.05) is 6.61 Å². The quantitative estimate of drug-likeness (QED) is 0.261. The summed E-state index contributed by atoms with van der Waals surface area (Å²) in [6.45, 7) is 6.41. The van der Waals surface area contributed by atoms with Gasteiger partial charge in [-0.25, -0.2) is 13.2 Å². The van der Waals surface area contributed by atoms with Crippen LogP contribution in [0.3, 0.4) is 0 Å². The van der Waals surface area contributed by atoms with Gasteiger partial charge in [-0.1, -0.05) is 44.0 Å². The van der Waals surface area contributed by atoms with Gasteiger partial charge in [0.15, 0.2) is 11.6 Å². The lowest BCUT2D eigenvalue weighted by Crippen LogP contribution is -2.21. The Hall–Kier alpha value is -2.27. The van der Waals surface area contributed by atoms with E-state index in [1.54, 1.807) is 18.2 Å². The molecule has 2 saturated carbocycles. The highest BCUT2D eigenvalue weighted by Crippen LogP contribution is 2.39. The number of ether oxygens (including phenoxy) is 2. The molecule has 0 aliphatic heterocycles. The van der Waals surface area contributed by atoms with Crippen LogP contribution >= 0.6 is 0 Å². The average Bonchev–Trinajstić information content (AvgIpc) is 2.86. The minimum Gasteiger partial charge on any atom is -0.493 e. The van der Waals surface area contributed by atoms with Crippen molar-refractivity contribution >= 4 is 0 Å². The van der Waals surface area contributed by atoms with Crippen LogP contribution in [0.5, 0.6) is 5.75 Å². The lowest BCUT2D eigenvalue weighted by molar-refractivity contribution is 0.0116. The molecular weight excluding hydrogens is 449 g/mol. The highest BCUT2D eigenvalue weighted by molar-refractivity contribution is 5.32. The molecule has 2 aliphatic carbocycles. The number of hydrogen-bond acceptors (Lipinski definition) is 2. The number of rotatable bonds is 9. The van der Waals surface area contributed by atoms with E-state index in [2.05, 4.69) is 13.5 Å². The molecule has 35 heavy (non-hydrogen) atoms. The molecule has 2 aromatic rings. The molecule has 0 atom stereocenters. The predicted molar refractivity (Wildman–Crippen MR) is 133 cm³/mol. The molecule has 0 spiro atoms. The van der Waals surface area contributed by atoms with E-state index < -0.39 is 11.6 Å². The summed E-state index contributed by atoms with van der Waals surface area (Å²) in [4.78, 5) is 0. The van der Waals surface area contributed by atoms with Gasteiger partial charge < -0.3 is 9.47 Å². The van der Waals surface area contributed by atoms with E-state index in [4.69, 9.17) is 9.47 Å².